The van der Waals surface area contributed by atoms with Gasteiger partial charge in [-0.25, -0.2) is 4.98 Å². The number of aromatic nitrogens is 1. The van der Waals surface area contributed by atoms with E-state index >= 15 is 0 Å². The molecule has 0 saturated heterocycles. The van der Waals surface area contributed by atoms with Crippen LogP contribution >= 0.6 is 0 Å². The number of amides is 2. The molecule has 4 bridgehead atoms. The molecule has 6 heteroatoms. The monoisotopic (exact) mass is 356 g/mol. The number of carbonyl (C=O) groups excluding carboxylic acids is 2. The van der Waals surface area contributed by atoms with Crippen LogP contribution in [0.5, 0.6) is 0 Å². The lowest BCUT2D eigenvalue weighted by atomic mass is 9.47. The van der Waals surface area contributed by atoms with E-state index in [1.807, 2.05) is 12.1 Å². The quantitative estimate of drug-likeness (QED) is 0.728. The number of rotatable bonds is 6. The summed E-state index contributed by atoms with van der Waals surface area (Å²) in [6.45, 7) is 2.93. The Balaban J connectivity index is 1.47. The van der Waals surface area contributed by atoms with E-state index in [0.717, 1.165) is 50.9 Å². The summed E-state index contributed by atoms with van der Waals surface area (Å²) in [7, 11) is 0. The minimum atomic E-state index is -0.319. The van der Waals surface area contributed by atoms with Gasteiger partial charge in [0.25, 0.3) is 5.91 Å². The number of nitrogens with one attached hydrogen (secondary N) is 2. The molecule has 5 rings (SSSR count). The van der Waals surface area contributed by atoms with Gasteiger partial charge in [0.1, 0.15) is 11.5 Å². The molecule has 2 amide bonds. The number of hydrogen-bond acceptors (Lipinski definition) is 4. The summed E-state index contributed by atoms with van der Waals surface area (Å²) in [4.78, 5) is 29.3. The SMILES string of the molecule is CCCNc1cccc(C(=O)NC2C3CC4CC2CC(C(N)=O)(C4)C3)n1. The number of primary amides is 1. The predicted molar refractivity (Wildman–Crippen MR) is 99.5 cm³/mol. The first-order valence-electron chi connectivity index (χ1n) is 9.82. The maximum atomic E-state index is 12.8. The first-order chi connectivity index (χ1) is 12.5. The van der Waals surface area contributed by atoms with Gasteiger partial charge < -0.3 is 16.4 Å². The molecular weight excluding hydrogens is 328 g/mol. The predicted octanol–water partition coefficient (Wildman–Crippen LogP) is 2.31. The summed E-state index contributed by atoms with van der Waals surface area (Å²) in [5.41, 5.74) is 5.87. The van der Waals surface area contributed by atoms with Crippen LogP contribution in [0.2, 0.25) is 0 Å². The van der Waals surface area contributed by atoms with Gasteiger partial charge in [-0.05, 0) is 68.4 Å². The third-order valence-corrected chi connectivity index (χ3v) is 6.63. The molecule has 2 unspecified atom stereocenters. The molecule has 4 aliphatic carbocycles. The van der Waals surface area contributed by atoms with Crippen molar-refractivity contribution >= 4 is 17.6 Å². The Morgan fingerprint density at radius 2 is 1.96 bits per heavy atom. The normalized spacial score (nSPS) is 34.5. The fourth-order valence-corrected chi connectivity index (χ4v) is 5.70. The standard InChI is InChI=1S/C20H28N4O2/c1-2-6-22-16-5-3-4-15(23-16)18(25)24-17-13-7-12-8-14(17)11-20(9-12,10-13)19(21)26/h3-5,12-14,17H,2,6-11H2,1H3,(H2,21,26)(H,22,23)(H,24,25). The zero-order chi connectivity index (χ0) is 18.3. The highest BCUT2D eigenvalue weighted by atomic mass is 16.2. The molecule has 6 nitrogen and oxygen atoms in total. The molecule has 0 spiro atoms. The molecule has 1 aromatic rings. The third kappa shape index (κ3) is 2.95. The van der Waals surface area contributed by atoms with E-state index in [0.29, 0.717) is 23.4 Å². The maximum absolute atomic E-state index is 12.8. The second kappa shape index (κ2) is 6.56. The van der Waals surface area contributed by atoms with Gasteiger partial charge in [0.05, 0.1) is 0 Å². The molecule has 4 aliphatic rings. The molecule has 4 fully saturated rings. The van der Waals surface area contributed by atoms with E-state index in [2.05, 4.69) is 22.5 Å². The maximum Gasteiger partial charge on any atom is 0.270 e. The van der Waals surface area contributed by atoms with Crippen LogP contribution in [-0.2, 0) is 4.79 Å². The Bertz CT molecular complexity index is 704. The Labute approximate surface area is 154 Å². The van der Waals surface area contributed by atoms with E-state index in [4.69, 9.17) is 5.73 Å². The van der Waals surface area contributed by atoms with E-state index in [1.165, 1.54) is 0 Å². The van der Waals surface area contributed by atoms with Crippen molar-refractivity contribution in [1.82, 2.24) is 10.3 Å². The average molecular weight is 356 g/mol. The second-order valence-electron chi connectivity index (χ2n) is 8.45. The molecule has 1 aromatic heterocycles. The molecular formula is C20H28N4O2. The van der Waals surface area contributed by atoms with Gasteiger partial charge in [-0.15, -0.1) is 0 Å². The van der Waals surface area contributed by atoms with Crippen molar-refractivity contribution in [3.63, 3.8) is 0 Å². The van der Waals surface area contributed by atoms with Gasteiger partial charge in [0.15, 0.2) is 0 Å². The van der Waals surface area contributed by atoms with Gasteiger partial charge in [0, 0.05) is 18.0 Å². The van der Waals surface area contributed by atoms with E-state index < -0.39 is 0 Å². The average Bonchev–Trinajstić information content (AvgIpc) is 2.62. The van der Waals surface area contributed by atoms with Crippen molar-refractivity contribution in [3.05, 3.63) is 23.9 Å². The topological polar surface area (TPSA) is 97.1 Å². The van der Waals surface area contributed by atoms with Crippen molar-refractivity contribution < 1.29 is 9.59 Å². The van der Waals surface area contributed by atoms with E-state index in [9.17, 15) is 9.59 Å². The number of pyridine rings is 1. The minimum Gasteiger partial charge on any atom is -0.370 e. The molecule has 4 saturated carbocycles. The highest BCUT2D eigenvalue weighted by molar-refractivity contribution is 5.93. The Morgan fingerprint density at radius 1 is 1.23 bits per heavy atom. The Hall–Kier alpha value is -2.11. The molecule has 4 N–H and O–H groups in total. The number of hydrogen-bond donors (Lipinski definition) is 3. The van der Waals surface area contributed by atoms with Gasteiger partial charge in [-0.1, -0.05) is 13.0 Å². The number of anilines is 1. The molecule has 140 valence electrons. The van der Waals surface area contributed by atoms with Crippen LogP contribution in [0.3, 0.4) is 0 Å². The summed E-state index contributed by atoms with van der Waals surface area (Å²) in [6.07, 6.45) is 5.80. The van der Waals surface area contributed by atoms with Crippen LogP contribution in [0.25, 0.3) is 0 Å². The van der Waals surface area contributed by atoms with E-state index in [-0.39, 0.29) is 23.3 Å². The first kappa shape index (κ1) is 17.3. The fourth-order valence-electron chi connectivity index (χ4n) is 5.70. The highest BCUT2D eigenvalue weighted by Gasteiger charge is 2.58. The molecule has 0 radical (unpaired) electrons. The van der Waals surface area contributed by atoms with Crippen LogP contribution in [0.4, 0.5) is 5.82 Å². The van der Waals surface area contributed by atoms with Gasteiger partial charge in [-0.2, -0.15) is 0 Å². The highest BCUT2D eigenvalue weighted by Crippen LogP contribution is 2.59. The molecule has 0 aromatic carbocycles. The van der Waals surface area contributed by atoms with Crippen molar-refractivity contribution in [2.45, 2.75) is 51.5 Å². The largest absolute Gasteiger partial charge is 0.370 e. The summed E-state index contributed by atoms with van der Waals surface area (Å²) in [5, 5.41) is 6.46. The van der Waals surface area contributed by atoms with E-state index in [1.54, 1.807) is 6.07 Å². The molecule has 0 aliphatic heterocycles. The number of carbonyl (C=O) groups is 2. The first-order valence-corrected chi connectivity index (χ1v) is 9.82. The summed E-state index contributed by atoms with van der Waals surface area (Å²) in [6, 6.07) is 5.64. The van der Waals surface area contributed by atoms with Crippen molar-refractivity contribution in [2.24, 2.45) is 28.9 Å². The van der Waals surface area contributed by atoms with Crippen LogP contribution in [0.15, 0.2) is 18.2 Å². The fraction of sp³-hybridized carbons (Fsp3) is 0.650. The van der Waals surface area contributed by atoms with Crippen LogP contribution in [0.1, 0.15) is 55.9 Å². The number of nitrogens with zero attached hydrogens (tertiary/aromatic N) is 1. The molecule has 1 heterocycles. The van der Waals surface area contributed by atoms with Crippen molar-refractivity contribution in [3.8, 4) is 0 Å². The summed E-state index contributed by atoms with van der Waals surface area (Å²) in [5.74, 6) is 1.79. The zero-order valence-corrected chi connectivity index (χ0v) is 15.3. The van der Waals surface area contributed by atoms with Gasteiger partial charge in [0.2, 0.25) is 5.91 Å². The lowest BCUT2D eigenvalue weighted by Crippen LogP contribution is -2.62. The summed E-state index contributed by atoms with van der Waals surface area (Å²) >= 11 is 0. The van der Waals surface area contributed by atoms with Crippen LogP contribution in [0, 0.1) is 23.2 Å². The minimum absolute atomic E-state index is 0.115. The molecule has 26 heavy (non-hydrogen) atoms. The van der Waals surface area contributed by atoms with Crippen molar-refractivity contribution in [1.29, 1.82) is 0 Å². The van der Waals surface area contributed by atoms with Crippen LogP contribution in [-0.4, -0.2) is 29.4 Å². The molecule has 2 atom stereocenters. The Morgan fingerprint density at radius 3 is 2.62 bits per heavy atom. The van der Waals surface area contributed by atoms with Gasteiger partial charge in [-0.3, -0.25) is 9.59 Å². The van der Waals surface area contributed by atoms with Crippen LogP contribution < -0.4 is 16.4 Å². The van der Waals surface area contributed by atoms with Gasteiger partial charge >= 0.3 is 0 Å². The van der Waals surface area contributed by atoms with Crippen molar-refractivity contribution in [2.75, 3.05) is 11.9 Å². The lowest BCUT2D eigenvalue weighted by Gasteiger charge is -2.58. The Kier molecular flexibility index (Phi) is 4.37. The summed E-state index contributed by atoms with van der Waals surface area (Å²) < 4.78 is 0. The second-order valence-corrected chi connectivity index (χ2v) is 8.45. The third-order valence-electron chi connectivity index (χ3n) is 6.63. The lowest BCUT2D eigenvalue weighted by molar-refractivity contribution is -0.145. The smallest absolute Gasteiger partial charge is 0.270 e. The zero-order valence-electron chi connectivity index (χ0n) is 15.3. The number of nitrogens with two attached hydrogens (primary N) is 1.